The van der Waals surface area contributed by atoms with Crippen molar-refractivity contribution in [3.63, 3.8) is 0 Å². The van der Waals surface area contributed by atoms with E-state index in [2.05, 4.69) is 33.8 Å². The number of imidazole rings is 1. The van der Waals surface area contributed by atoms with E-state index in [0.29, 0.717) is 6.42 Å². The Balaban J connectivity index is 1.52. The Labute approximate surface area is 182 Å². The summed E-state index contributed by atoms with van der Waals surface area (Å²) in [6.07, 6.45) is 5.69. The van der Waals surface area contributed by atoms with E-state index < -0.39 is 6.17 Å². The smallest absolute Gasteiger partial charge is 0.125 e. The molecule has 0 spiro atoms. The second-order valence-electron chi connectivity index (χ2n) is 7.90. The number of ether oxygens (including phenoxy) is 1. The Morgan fingerprint density at radius 2 is 1.61 bits per heavy atom. The van der Waals surface area contributed by atoms with E-state index in [1.54, 1.807) is 0 Å². The topological polar surface area (TPSA) is 27.1 Å². The van der Waals surface area contributed by atoms with Crippen LogP contribution in [0.4, 0.5) is 4.39 Å². The van der Waals surface area contributed by atoms with Crippen molar-refractivity contribution in [1.29, 1.82) is 0 Å². The maximum Gasteiger partial charge on any atom is 0.125 e. The van der Waals surface area contributed by atoms with Gasteiger partial charge in [0.15, 0.2) is 0 Å². The van der Waals surface area contributed by atoms with Gasteiger partial charge in [0, 0.05) is 5.69 Å². The molecule has 0 amide bonds. The van der Waals surface area contributed by atoms with Crippen LogP contribution < -0.4 is 4.74 Å². The Morgan fingerprint density at radius 1 is 0.935 bits per heavy atom. The van der Waals surface area contributed by atoms with E-state index >= 15 is 0 Å². The average Bonchev–Trinajstić information content (AvgIpc) is 3.21. The van der Waals surface area contributed by atoms with Gasteiger partial charge in [-0.15, -0.1) is 0 Å². The predicted molar refractivity (Wildman–Crippen MR) is 126 cm³/mol. The minimum absolute atomic E-state index is 0.154. The molecule has 3 nitrogen and oxygen atoms in total. The molecule has 1 heterocycles. The summed E-state index contributed by atoms with van der Waals surface area (Å²) in [5.74, 6) is 0.861. The molecule has 0 aliphatic carbocycles. The largest absolute Gasteiger partial charge is 0.491 e. The van der Waals surface area contributed by atoms with Crippen molar-refractivity contribution in [3.8, 4) is 11.4 Å². The molecule has 0 fully saturated rings. The molecule has 0 radical (unpaired) electrons. The molecule has 1 unspecified atom stereocenters. The van der Waals surface area contributed by atoms with Gasteiger partial charge in [0.1, 0.15) is 18.2 Å². The zero-order chi connectivity index (χ0) is 21.8. The second-order valence-corrected chi connectivity index (χ2v) is 7.90. The molecule has 3 aromatic carbocycles. The van der Waals surface area contributed by atoms with E-state index in [1.807, 2.05) is 81.7 Å². The third-order valence-corrected chi connectivity index (χ3v) is 5.18. The first kappa shape index (κ1) is 20.9. The van der Waals surface area contributed by atoms with Crippen molar-refractivity contribution in [3.05, 3.63) is 89.7 Å². The van der Waals surface area contributed by atoms with Gasteiger partial charge in [0.2, 0.25) is 0 Å². The van der Waals surface area contributed by atoms with Crippen LogP contribution in [0.15, 0.2) is 73.1 Å². The SMILES string of the molecule is CCC(F)c1ccc(C=Cc2ccc3c(c2)ncn3-c2ccc(OC(C)C)cc2)cc1. The van der Waals surface area contributed by atoms with Gasteiger partial charge in [0.05, 0.1) is 17.1 Å². The van der Waals surface area contributed by atoms with Crippen LogP contribution in [-0.4, -0.2) is 15.7 Å². The first-order valence-corrected chi connectivity index (χ1v) is 10.7. The summed E-state index contributed by atoms with van der Waals surface area (Å²) in [5.41, 5.74) is 5.87. The summed E-state index contributed by atoms with van der Waals surface area (Å²) in [6.45, 7) is 5.89. The van der Waals surface area contributed by atoms with Gasteiger partial charge in [-0.2, -0.15) is 0 Å². The van der Waals surface area contributed by atoms with Crippen LogP contribution in [0.1, 0.15) is 50.1 Å². The van der Waals surface area contributed by atoms with Gasteiger partial charge < -0.3 is 4.74 Å². The Morgan fingerprint density at radius 3 is 2.29 bits per heavy atom. The Hall–Kier alpha value is -3.40. The van der Waals surface area contributed by atoms with E-state index in [1.165, 1.54) is 0 Å². The molecule has 4 heteroatoms. The molecule has 1 aromatic heterocycles. The first-order chi connectivity index (χ1) is 15.0. The number of alkyl halides is 1. The lowest BCUT2D eigenvalue weighted by molar-refractivity contribution is 0.242. The van der Waals surface area contributed by atoms with E-state index in [0.717, 1.165) is 39.2 Å². The van der Waals surface area contributed by atoms with Crippen LogP contribution in [0.2, 0.25) is 0 Å². The summed E-state index contributed by atoms with van der Waals surface area (Å²) in [7, 11) is 0. The van der Waals surface area contributed by atoms with Gasteiger partial charge in [-0.1, -0.05) is 49.4 Å². The molecule has 0 N–H and O–H groups in total. The molecule has 4 rings (SSSR count). The van der Waals surface area contributed by atoms with Crippen molar-refractivity contribution in [2.75, 3.05) is 0 Å². The maximum atomic E-state index is 13.8. The van der Waals surface area contributed by atoms with Crippen LogP contribution in [0, 0.1) is 0 Å². The number of rotatable bonds is 7. The number of aromatic nitrogens is 2. The lowest BCUT2D eigenvalue weighted by atomic mass is 10.1. The fraction of sp³-hybridized carbons (Fsp3) is 0.222. The van der Waals surface area contributed by atoms with Crippen molar-refractivity contribution in [2.45, 2.75) is 39.5 Å². The molecule has 0 saturated heterocycles. The molecule has 0 bridgehead atoms. The lowest BCUT2D eigenvalue weighted by Crippen LogP contribution is -2.05. The van der Waals surface area contributed by atoms with Crippen LogP contribution in [0.3, 0.4) is 0 Å². The standard InChI is InChI=1S/C27H27FN2O/c1-4-25(28)22-10-7-20(8-11-22)5-6-21-9-16-27-26(17-21)29-18-30(27)23-12-14-24(15-13-23)31-19(2)3/h5-19,25H,4H2,1-3H3. The molecule has 4 aromatic rings. The average molecular weight is 415 g/mol. The van der Waals surface area contributed by atoms with Crippen molar-refractivity contribution in [1.82, 2.24) is 9.55 Å². The van der Waals surface area contributed by atoms with Gasteiger partial charge in [-0.05, 0) is 73.4 Å². The maximum absolute atomic E-state index is 13.8. The van der Waals surface area contributed by atoms with Gasteiger partial charge in [0.25, 0.3) is 0 Å². The number of fused-ring (bicyclic) bond motifs is 1. The van der Waals surface area contributed by atoms with Crippen LogP contribution in [0.5, 0.6) is 5.75 Å². The highest BCUT2D eigenvalue weighted by Gasteiger charge is 2.07. The summed E-state index contributed by atoms with van der Waals surface area (Å²) in [4.78, 5) is 4.58. The zero-order valence-electron chi connectivity index (χ0n) is 18.1. The third kappa shape index (κ3) is 4.85. The summed E-state index contributed by atoms with van der Waals surface area (Å²) < 4.78 is 21.6. The van der Waals surface area contributed by atoms with Crippen molar-refractivity contribution in [2.24, 2.45) is 0 Å². The monoisotopic (exact) mass is 414 g/mol. The number of halogens is 1. The number of benzene rings is 3. The van der Waals surface area contributed by atoms with Crippen LogP contribution in [0.25, 0.3) is 28.9 Å². The number of nitrogens with zero attached hydrogens (tertiary/aromatic N) is 2. The highest BCUT2D eigenvalue weighted by atomic mass is 19.1. The molecular weight excluding hydrogens is 387 g/mol. The van der Waals surface area contributed by atoms with Crippen LogP contribution >= 0.6 is 0 Å². The molecular formula is C27H27FN2O. The molecule has 0 aliphatic rings. The van der Waals surface area contributed by atoms with E-state index in [9.17, 15) is 4.39 Å². The molecule has 0 aliphatic heterocycles. The van der Waals surface area contributed by atoms with Crippen molar-refractivity contribution < 1.29 is 9.13 Å². The van der Waals surface area contributed by atoms with Gasteiger partial charge in [-0.3, -0.25) is 4.57 Å². The third-order valence-electron chi connectivity index (χ3n) is 5.18. The first-order valence-electron chi connectivity index (χ1n) is 10.7. The minimum atomic E-state index is -0.894. The highest BCUT2D eigenvalue weighted by Crippen LogP contribution is 2.24. The number of hydrogen-bond acceptors (Lipinski definition) is 2. The second kappa shape index (κ2) is 9.17. The fourth-order valence-electron chi connectivity index (χ4n) is 3.54. The predicted octanol–water partition coefficient (Wildman–Crippen LogP) is 7.40. The molecule has 31 heavy (non-hydrogen) atoms. The van der Waals surface area contributed by atoms with Crippen LogP contribution in [-0.2, 0) is 0 Å². The molecule has 0 saturated carbocycles. The molecule has 158 valence electrons. The summed E-state index contributed by atoms with van der Waals surface area (Å²) in [5, 5.41) is 0. The van der Waals surface area contributed by atoms with Gasteiger partial charge >= 0.3 is 0 Å². The van der Waals surface area contributed by atoms with Crippen molar-refractivity contribution >= 4 is 23.2 Å². The normalized spacial score (nSPS) is 12.7. The lowest BCUT2D eigenvalue weighted by Gasteiger charge is -2.10. The minimum Gasteiger partial charge on any atom is -0.491 e. The highest BCUT2D eigenvalue weighted by molar-refractivity contribution is 5.82. The van der Waals surface area contributed by atoms with Gasteiger partial charge in [-0.25, -0.2) is 9.37 Å². The fourth-order valence-corrected chi connectivity index (χ4v) is 3.54. The molecule has 1 atom stereocenters. The quantitative estimate of drug-likeness (QED) is 0.295. The summed E-state index contributed by atoms with van der Waals surface area (Å²) in [6, 6.07) is 21.9. The van der Waals surface area contributed by atoms with E-state index in [4.69, 9.17) is 4.74 Å². The zero-order valence-corrected chi connectivity index (χ0v) is 18.1. The van der Waals surface area contributed by atoms with E-state index in [-0.39, 0.29) is 6.10 Å². The summed E-state index contributed by atoms with van der Waals surface area (Å²) >= 11 is 0. The Kier molecular flexibility index (Phi) is 6.17. The number of hydrogen-bond donors (Lipinski definition) is 0. The Bertz CT molecular complexity index is 1170.